The van der Waals surface area contributed by atoms with Crippen molar-refractivity contribution in [2.24, 2.45) is 0 Å². The maximum absolute atomic E-state index is 11.9. The summed E-state index contributed by atoms with van der Waals surface area (Å²) in [5.41, 5.74) is 0.863. The minimum absolute atomic E-state index is 0.0856. The summed E-state index contributed by atoms with van der Waals surface area (Å²) in [6.07, 6.45) is 1.26. The molecule has 0 radical (unpaired) electrons. The third-order valence-corrected chi connectivity index (χ3v) is 4.03. The van der Waals surface area contributed by atoms with Gasteiger partial charge in [0.05, 0.1) is 11.8 Å². The van der Waals surface area contributed by atoms with Crippen molar-refractivity contribution >= 4 is 5.91 Å². The quantitative estimate of drug-likeness (QED) is 0.837. The molecule has 1 aliphatic heterocycles. The molecule has 6 heteroatoms. The molecule has 2 atom stereocenters. The van der Waals surface area contributed by atoms with E-state index in [0.29, 0.717) is 25.9 Å². The van der Waals surface area contributed by atoms with Gasteiger partial charge in [0, 0.05) is 31.6 Å². The fraction of sp³-hybridized carbons (Fsp3) is 0.714. The van der Waals surface area contributed by atoms with Crippen LogP contribution in [0.15, 0.2) is 4.52 Å². The Morgan fingerprint density at radius 1 is 1.55 bits per heavy atom. The van der Waals surface area contributed by atoms with E-state index in [-0.39, 0.29) is 18.6 Å². The van der Waals surface area contributed by atoms with E-state index < -0.39 is 5.60 Å². The molecule has 1 amide bonds. The van der Waals surface area contributed by atoms with Crippen LogP contribution in [-0.4, -0.2) is 41.0 Å². The first-order valence-electron chi connectivity index (χ1n) is 6.95. The molecule has 2 N–H and O–H groups in total. The number of aryl methyl sites for hydroxylation is 2. The van der Waals surface area contributed by atoms with Crippen LogP contribution in [0.4, 0.5) is 0 Å². The molecule has 112 valence electrons. The average Bonchev–Trinajstić information content (AvgIpc) is 2.90. The molecule has 20 heavy (non-hydrogen) atoms. The van der Waals surface area contributed by atoms with Crippen LogP contribution >= 0.6 is 0 Å². The Bertz CT molecular complexity index is 466. The molecule has 1 fully saturated rings. The second-order valence-electron chi connectivity index (χ2n) is 5.45. The van der Waals surface area contributed by atoms with Crippen LogP contribution in [0.25, 0.3) is 0 Å². The van der Waals surface area contributed by atoms with Gasteiger partial charge in [0.1, 0.15) is 11.4 Å². The van der Waals surface area contributed by atoms with Crippen LogP contribution in [0.1, 0.15) is 36.8 Å². The molecule has 2 rings (SSSR count). The lowest BCUT2D eigenvalue weighted by Gasteiger charge is -2.26. The largest absolute Gasteiger partial charge is 0.385 e. The summed E-state index contributed by atoms with van der Waals surface area (Å²) >= 11 is 0. The van der Waals surface area contributed by atoms with E-state index in [2.05, 4.69) is 10.5 Å². The summed E-state index contributed by atoms with van der Waals surface area (Å²) in [5.74, 6) is 0.671. The fourth-order valence-corrected chi connectivity index (χ4v) is 2.44. The first-order chi connectivity index (χ1) is 9.42. The Kier molecular flexibility index (Phi) is 4.45. The molecule has 0 saturated carbocycles. The van der Waals surface area contributed by atoms with E-state index in [1.807, 2.05) is 20.8 Å². The topological polar surface area (TPSA) is 84.6 Å². The number of nitrogens with one attached hydrogen (secondary N) is 1. The molecule has 2 heterocycles. The standard InChI is InChI=1S/C14H22N2O4/c1-9-12(10(2)20-16-9)4-5-13(17)15-8-14(18)6-7-19-11(14)3/h11,18H,4-8H2,1-3H3,(H,15,17). The van der Waals surface area contributed by atoms with Crippen molar-refractivity contribution in [3.63, 3.8) is 0 Å². The molecule has 6 nitrogen and oxygen atoms in total. The zero-order valence-corrected chi connectivity index (χ0v) is 12.2. The molecule has 0 bridgehead atoms. The summed E-state index contributed by atoms with van der Waals surface area (Å²) in [6.45, 7) is 6.29. The highest BCUT2D eigenvalue weighted by Gasteiger charge is 2.39. The van der Waals surface area contributed by atoms with E-state index >= 15 is 0 Å². The first kappa shape index (κ1) is 15.0. The van der Waals surface area contributed by atoms with Crippen molar-refractivity contribution < 1.29 is 19.2 Å². The maximum atomic E-state index is 11.9. The molecule has 0 aliphatic carbocycles. The Balaban J connectivity index is 1.79. The summed E-state index contributed by atoms with van der Waals surface area (Å²) in [7, 11) is 0. The Hall–Kier alpha value is -1.40. The van der Waals surface area contributed by atoms with Crippen molar-refractivity contribution in [1.82, 2.24) is 10.5 Å². The van der Waals surface area contributed by atoms with Crippen LogP contribution in [0.2, 0.25) is 0 Å². The monoisotopic (exact) mass is 282 g/mol. The number of aromatic nitrogens is 1. The second-order valence-corrected chi connectivity index (χ2v) is 5.45. The van der Waals surface area contributed by atoms with Gasteiger partial charge in [0.15, 0.2) is 0 Å². The zero-order valence-electron chi connectivity index (χ0n) is 12.2. The van der Waals surface area contributed by atoms with Gasteiger partial charge in [-0.3, -0.25) is 4.79 Å². The van der Waals surface area contributed by atoms with E-state index in [9.17, 15) is 9.90 Å². The van der Waals surface area contributed by atoms with Crippen molar-refractivity contribution in [2.75, 3.05) is 13.2 Å². The summed E-state index contributed by atoms with van der Waals surface area (Å²) < 4.78 is 10.4. The van der Waals surface area contributed by atoms with Gasteiger partial charge in [-0.1, -0.05) is 5.16 Å². The van der Waals surface area contributed by atoms with Crippen LogP contribution in [0.5, 0.6) is 0 Å². The molecule has 1 saturated heterocycles. The predicted molar refractivity (Wildman–Crippen MR) is 72.3 cm³/mol. The minimum atomic E-state index is -0.946. The molecule has 1 aliphatic rings. The Morgan fingerprint density at radius 2 is 2.30 bits per heavy atom. The molecular formula is C14H22N2O4. The van der Waals surface area contributed by atoms with Gasteiger partial charge in [-0.15, -0.1) is 0 Å². The van der Waals surface area contributed by atoms with Gasteiger partial charge in [-0.2, -0.15) is 0 Å². The highest BCUT2D eigenvalue weighted by molar-refractivity contribution is 5.76. The average molecular weight is 282 g/mol. The van der Waals surface area contributed by atoms with Crippen LogP contribution in [-0.2, 0) is 16.0 Å². The van der Waals surface area contributed by atoms with E-state index in [1.165, 1.54) is 0 Å². The number of rotatable bonds is 5. The molecule has 1 aromatic rings. The van der Waals surface area contributed by atoms with Crippen molar-refractivity contribution in [3.8, 4) is 0 Å². The van der Waals surface area contributed by atoms with Crippen molar-refractivity contribution in [2.45, 2.75) is 51.7 Å². The number of hydrogen-bond acceptors (Lipinski definition) is 5. The third kappa shape index (κ3) is 3.19. The number of amides is 1. The lowest BCUT2D eigenvalue weighted by molar-refractivity contribution is -0.122. The highest BCUT2D eigenvalue weighted by atomic mass is 16.5. The number of carbonyl (C=O) groups is 1. The van der Waals surface area contributed by atoms with E-state index in [0.717, 1.165) is 17.0 Å². The van der Waals surface area contributed by atoms with Gasteiger partial charge >= 0.3 is 0 Å². The molecule has 2 unspecified atom stereocenters. The summed E-state index contributed by atoms with van der Waals surface area (Å²) in [6, 6.07) is 0. The van der Waals surface area contributed by atoms with E-state index in [4.69, 9.17) is 9.26 Å². The van der Waals surface area contributed by atoms with Gasteiger partial charge in [-0.25, -0.2) is 0 Å². The van der Waals surface area contributed by atoms with Gasteiger partial charge in [-0.05, 0) is 27.2 Å². The number of hydrogen-bond donors (Lipinski definition) is 2. The van der Waals surface area contributed by atoms with Crippen LogP contribution in [0, 0.1) is 13.8 Å². The van der Waals surface area contributed by atoms with Crippen LogP contribution < -0.4 is 5.32 Å². The van der Waals surface area contributed by atoms with Gasteiger partial charge in [0.2, 0.25) is 5.91 Å². The lowest BCUT2D eigenvalue weighted by atomic mass is 9.96. The number of ether oxygens (including phenoxy) is 1. The predicted octanol–water partition coefficient (Wildman–Crippen LogP) is 0.880. The first-order valence-corrected chi connectivity index (χ1v) is 6.95. The van der Waals surface area contributed by atoms with Gasteiger partial charge in [0.25, 0.3) is 0 Å². The minimum Gasteiger partial charge on any atom is -0.385 e. The van der Waals surface area contributed by atoms with E-state index in [1.54, 1.807) is 0 Å². The lowest BCUT2D eigenvalue weighted by Crippen LogP contribution is -2.47. The maximum Gasteiger partial charge on any atom is 0.220 e. The Labute approximate surface area is 118 Å². The van der Waals surface area contributed by atoms with Crippen LogP contribution in [0.3, 0.4) is 0 Å². The SMILES string of the molecule is Cc1noc(C)c1CCC(=O)NCC1(O)CCOC1C. The Morgan fingerprint density at radius 3 is 2.85 bits per heavy atom. The second kappa shape index (κ2) is 5.93. The smallest absolute Gasteiger partial charge is 0.220 e. The molecule has 0 aromatic carbocycles. The van der Waals surface area contributed by atoms with Gasteiger partial charge < -0.3 is 19.7 Å². The normalized spacial score (nSPS) is 25.9. The molecular weight excluding hydrogens is 260 g/mol. The van der Waals surface area contributed by atoms with Crippen molar-refractivity contribution in [1.29, 1.82) is 0 Å². The zero-order chi connectivity index (χ0) is 14.8. The molecule has 1 aromatic heterocycles. The molecule has 0 spiro atoms. The van der Waals surface area contributed by atoms with Crippen molar-refractivity contribution in [3.05, 3.63) is 17.0 Å². The highest BCUT2D eigenvalue weighted by Crippen LogP contribution is 2.24. The fourth-order valence-electron chi connectivity index (χ4n) is 2.44. The summed E-state index contributed by atoms with van der Waals surface area (Å²) in [5, 5.41) is 16.9. The number of aliphatic hydroxyl groups is 1. The number of carbonyl (C=O) groups excluding carboxylic acids is 1. The summed E-state index contributed by atoms with van der Waals surface area (Å²) in [4.78, 5) is 11.9. The number of nitrogens with zero attached hydrogens (tertiary/aromatic N) is 1. The third-order valence-electron chi connectivity index (χ3n) is 4.03.